The first-order chi connectivity index (χ1) is 13.7. The molecule has 0 saturated carbocycles. The SMILES string of the molecule is C=CCn1c(O)c(/C=N/Nc2nc3c(c(=O)n(C)c(=O)n3C)n2C)c(=O)[nH]c1=S. The zero-order valence-electron chi connectivity index (χ0n) is 15.8. The molecule has 152 valence electrons. The van der Waals surface area contributed by atoms with Gasteiger partial charge >= 0.3 is 5.69 Å². The first-order valence-electron chi connectivity index (χ1n) is 8.27. The molecule has 0 radical (unpaired) electrons. The molecule has 0 fully saturated rings. The van der Waals surface area contributed by atoms with E-state index in [0.29, 0.717) is 0 Å². The smallest absolute Gasteiger partial charge is 0.332 e. The standard InChI is InChI=1S/C16H18N8O4S/c1-5-6-24-12(26)8(11(25)19-15(24)29)7-17-20-14-18-10-9(21(14)2)13(27)23(4)16(28)22(10)3/h5,7,26H,1,6H2,2-4H3,(H,18,20)(H,19,25,29)/b17-7+. The molecule has 0 aliphatic rings. The monoisotopic (exact) mass is 418 g/mol. The minimum atomic E-state index is -0.625. The fourth-order valence-electron chi connectivity index (χ4n) is 2.76. The Balaban J connectivity index is 2.05. The number of aromatic nitrogens is 6. The van der Waals surface area contributed by atoms with Crippen molar-refractivity contribution in [3.8, 4) is 5.88 Å². The number of aromatic amines is 1. The third-order valence-electron chi connectivity index (χ3n) is 4.35. The number of rotatable bonds is 5. The molecule has 0 atom stereocenters. The number of fused-ring (bicyclic) bond motifs is 1. The van der Waals surface area contributed by atoms with Crippen LogP contribution in [0.2, 0.25) is 0 Å². The van der Waals surface area contributed by atoms with Gasteiger partial charge in [-0.1, -0.05) is 6.08 Å². The molecule has 0 unspecified atom stereocenters. The summed E-state index contributed by atoms with van der Waals surface area (Å²) in [5.74, 6) is -0.213. The number of nitrogens with zero attached hydrogens (tertiary/aromatic N) is 6. The van der Waals surface area contributed by atoms with E-state index >= 15 is 0 Å². The fraction of sp³-hybridized carbons (Fsp3) is 0.250. The van der Waals surface area contributed by atoms with Gasteiger partial charge in [-0.25, -0.2) is 10.2 Å². The van der Waals surface area contributed by atoms with Gasteiger partial charge in [-0.3, -0.25) is 28.3 Å². The highest BCUT2D eigenvalue weighted by Gasteiger charge is 2.17. The van der Waals surface area contributed by atoms with Gasteiger partial charge in [0.15, 0.2) is 15.9 Å². The summed E-state index contributed by atoms with van der Waals surface area (Å²) in [6.07, 6.45) is 2.61. The molecule has 29 heavy (non-hydrogen) atoms. The maximum atomic E-state index is 12.4. The molecule has 3 rings (SSSR count). The Bertz CT molecular complexity index is 1400. The first-order valence-corrected chi connectivity index (χ1v) is 8.68. The number of allylic oxidation sites excluding steroid dienone is 1. The second-order valence-corrected chi connectivity index (χ2v) is 6.52. The van der Waals surface area contributed by atoms with Crippen molar-refractivity contribution in [3.63, 3.8) is 0 Å². The number of hydrogen-bond acceptors (Lipinski definition) is 8. The van der Waals surface area contributed by atoms with Gasteiger partial charge in [0.25, 0.3) is 11.1 Å². The van der Waals surface area contributed by atoms with Gasteiger partial charge in [0, 0.05) is 27.7 Å². The number of hydrazone groups is 1. The molecular formula is C16H18N8O4S. The van der Waals surface area contributed by atoms with Crippen LogP contribution in [0.5, 0.6) is 5.88 Å². The Labute approximate surface area is 167 Å². The van der Waals surface area contributed by atoms with E-state index in [1.54, 1.807) is 7.05 Å². The highest BCUT2D eigenvalue weighted by molar-refractivity contribution is 7.71. The van der Waals surface area contributed by atoms with Crippen molar-refractivity contribution in [2.24, 2.45) is 26.2 Å². The Hall–Kier alpha value is -3.74. The predicted octanol–water partition coefficient (Wildman–Crippen LogP) is -0.472. The molecule has 0 bridgehead atoms. The lowest BCUT2D eigenvalue weighted by atomic mass is 10.3. The van der Waals surface area contributed by atoms with Crippen molar-refractivity contribution in [2.45, 2.75) is 6.54 Å². The molecule has 0 amide bonds. The van der Waals surface area contributed by atoms with Crippen LogP contribution in [0.1, 0.15) is 5.56 Å². The lowest BCUT2D eigenvalue weighted by Gasteiger charge is -2.08. The summed E-state index contributed by atoms with van der Waals surface area (Å²) < 4.78 is 4.97. The van der Waals surface area contributed by atoms with Crippen LogP contribution in [0.15, 0.2) is 32.1 Å². The molecule has 3 heterocycles. The van der Waals surface area contributed by atoms with E-state index in [1.807, 2.05) is 0 Å². The number of aromatic hydroxyl groups is 1. The normalized spacial score (nSPS) is 11.4. The van der Waals surface area contributed by atoms with Crippen LogP contribution in [0.4, 0.5) is 5.95 Å². The van der Waals surface area contributed by atoms with E-state index in [-0.39, 0.29) is 39.9 Å². The van der Waals surface area contributed by atoms with Crippen LogP contribution in [0.3, 0.4) is 0 Å². The molecular weight excluding hydrogens is 400 g/mol. The number of H-pyrrole nitrogens is 1. The van der Waals surface area contributed by atoms with E-state index < -0.39 is 16.8 Å². The van der Waals surface area contributed by atoms with E-state index in [4.69, 9.17) is 12.2 Å². The van der Waals surface area contributed by atoms with Crippen molar-refractivity contribution in [1.29, 1.82) is 0 Å². The van der Waals surface area contributed by atoms with Crippen molar-refractivity contribution < 1.29 is 5.11 Å². The molecule has 3 aromatic heterocycles. The summed E-state index contributed by atoms with van der Waals surface area (Å²) in [4.78, 5) is 43.2. The lowest BCUT2D eigenvalue weighted by Crippen LogP contribution is -2.37. The van der Waals surface area contributed by atoms with Crippen LogP contribution in [0.25, 0.3) is 11.2 Å². The van der Waals surface area contributed by atoms with Gasteiger partial charge in [-0.15, -0.1) is 6.58 Å². The summed E-state index contributed by atoms with van der Waals surface area (Å²) in [7, 11) is 4.45. The average molecular weight is 418 g/mol. The molecule has 0 aromatic carbocycles. The molecule has 3 N–H and O–H groups in total. The summed E-state index contributed by atoms with van der Waals surface area (Å²) in [6.45, 7) is 3.76. The van der Waals surface area contributed by atoms with Gasteiger partial charge in [-0.05, 0) is 12.2 Å². The molecule has 0 aliphatic heterocycles. The second-order valence-electron chi connectivity index (χ2n) is 6.14. The highest BCUT2D eigenvalue weighted by Crippen LogP contribution is 2.14. The molecule has 0 spiro atoms. The topological polar surface area (TPSA) is 144 Å². The number of hydrogen-bond donors (Lipinski definition) is 3. The summed E-state index contributed by atoms with van der Waals surface area (Å²) in [5, 5.41) is 14.2. The fourth-order valence-corrected chi connectivity index (χ4v) is 3.02. The van der Waals surface area contributed by atoms with Gasteiger partial charge < -0.3 is 9.67 Å². The predicted molar refractivity (Wildman–Crippen MR) is 110 cm³/mol. The molecule has 0 aliphatic carbocycles. The van der Waals surface area contributed by atoms with Gasteiger partial charge in [0.2, 0.25) is 11.8 Å². The minimum absolute atomic E-state index is 0.0459. The maximum Gasteiger partial charge on any atom is 0.332 e. The molecule has 13 heteroatoms. The number of imidazole rings is 1. The van der Waals surface area contributed by atoms with Crippen molar-refractivity contribution >= 4 is 35.5 Å². The van der Waals surface area contributed by atoms with Crippen LogP contribution in [0, 0.1) is 4.77 Å². The van der Waals surface area contributed by atoms with Gasteiger partial charge in [0.1, 0.15) is 5.56 Å². The average Bonchev–Trinajstić information content (AvgIpc) is 3.01. The quantitative estimate of drug-likeness (QED) is 0.220. The van der Waals surface area contributed by atoms with Gasteiger partial charge in [0.05, 0.1) is 6.21 Å². The van der Waals surface area contributed by atoms with Crippen LogP contribution < -0.4 is 22.2 Å². The van der Waals surface area contributed by atoms with Crippen LogP contribution in [-0.2, 0) is 27.7 Å². The van der Waals surface area contributed by atoms with Crippen molar-refractivity contribution in [1.82, 2.24) is 28.2 Å². The van der Waals surface area contributed by atoms with E-state index in [2.05, 4.69) is 27.1 Å². The van der Waals surface area contributed by atoms with E-state index in [9.17, 15) is 19.5 Å². The third kappa shape index (κ3) is 3.20. The Kier molecular flexibility index (Phi) is 5.07. The highest BCUT2D eigenvalue weighted by atomic mass is 32.1. The molecule has 0 saturated heterocycles. The largest absolute Gasteiger partial charge is 0.494 e. The molecule has 12 nitrogen and oxygen atoms in total. The van der Waals surface area contributed by atoms with Crippen LogP contribution >= 0.6 is 12.2 Å². The third-order valence-corrected chi connectivity index (χ3v) is 4.67. The molecule has 3 aromatic rings. The summed E-state index contributed by atoms with van der Waals surface area (Å²) >= 11 is 5.01. The zero-order valence-corrected chi connectivity index (χ0v) is 16.6. The van der Waals surface area contributed by atoms with Crippen molar-refractivity contribution in [2.75, 3.05) is 5.43 Å². The lowest BCUT2D eigenvalue weighted by molar-refractivity contribution is 0.413. The van der Waals surface area contributed by atoms with Crippen molar-refractivity contribution in [3.05, 3.63) is 54.2 Å². The number of nitrogens with one attached hydrogen (secondary N) is 2. The van der Waals surface area contributed by atoms with E-state index in [1.165, 1.54) is 33.9 Å². The Morgan fingerprint density at radius 3 is 2.59 bits per heavy atom. The number of aryl methyl sites for hydroxylation is 2. The first kappa shape index (κ1) is 20.0. The summed E-state index contributed by atoms with van der Waals surface area (Å²) in [5.41, 5.74) is 1.21. The summed E-state index contributed by atoms with van der Waals surface area (Å²) in [6, 6.07) is 0. The van der Waals surface area contributed by atoms with E-state index in [0.717, 1.165) is 10.8 Å². The van der Waals surface area contributed by atoms with Gasteiger partial charge in [-0.2, -0.15) is 10.1 Å². The van der Waals surface area contributed by atoms with Crippen LogP contribution in [-0.4, -0.2) is 39.6 Å². The zero-order chi connectivity index (χ0) is 21.5. The Morgan fingerprint density at radius 2 is 1.93 bits per heavy atom. The second kappa shape index (κ2) is 7.35. The maximum absolute atomic E-state index is 12.4. The number of anilines is 1. The Morgan fingerprint density at radius 1 is 1.24 bits per heavy atom. The minimum Gasteiger partial charge on any atom is -0.494 e.